The molecule has 7 heteroatoms. The number of thiazole rings is 1. The van der Waals surface area contributed by atoms with Crippen molar-refractivity contribution in [2.45, 2.75) is 20.4 Å². The van der Waals surface area contributed by atoms with Crippen LogP contribution in [0.15, 0.2) is 32.6 Å². The molecular weight excluding hydrogens is 302 g/mol. The molecule has 3 N–H and O–H groups in total. The lowest BCUT2D eigenvalue weighted by Gasteiger charge is -2.08. The summed E-state index contributed by atoms with van der Waals surface area (Å²) < 4.78 is 0. The maximum atomic E-state index is 6.12. The summed E-state index contributed by atoms with van der Waals surface area (Å²) in [6.45, 7) is 4.61. The number of nitrogens with zero attached hydrogens (tertiary/aromatic N) is 3. The number of thiophene rings is 1. The molecule has 108 valence electrons. The Morgan fingerprint density at radius 1 is 1.38 bits per heavy atom. The van der Waals surface area contributed by atoms with Crippen molar-refractivity contribution >= 4 is 51.0 Å². The fourth-order valence-corrected chi connectivity index (χ4v) is 3.54. The van der Waals surface area contributed by atoms with Crippen molar-refractivity contribution < 1.29 is 0 Å². The lowest BCUT2D eigenvalue weighted by Crippen LogP contribution is -2.00. The first-order valence-corrected chi connectivity index (χ1v) is 8.21. The number of nitrogen functional groups attached to an aromatic ring is 1. The summed E-state index contributed by atoms with van der Waals surface area (Å²) in [6, 6.07) is 0. The average Bonchev–Trinajstić information content (AvgIpc) is 3.17. The van der Waals surface area contributed by atoms with Crippen LogP contribution in [0, 0.1) is 0 Å². The van der Waals surface area contributed by atoms with E-state index in [0.717, 1.165) is 38.4 Å². The van der Waals surface area contributed by atoms with Gasteiger partial charge in [-0.1, -0.05) is 0 Å². The van der Waals surface area contributed by atoms with Gasteiger partial charge in [0, 0.05) is 22.5 Å². The third kappa shape index (κ3) is 2.88. The van der Waals surface area contributed by atoms with Crippen LogP contribution >= 0.6 is 22.7 Å². The molecule has 0 saturated carbocycles. The van der Waals surface area contributed by atoms with Crippen molar-refractivity contribution in [1.29, 1.82) is 0 Å². The predicted molar refractivity (Wildman–Crippen MR) is 92.4 cm³/mol. The normalized spacial score (nSPS) is 16.2. The summed E-state index contributed by atoms with van der Waals surface area (Å²) in [4.78, 5) is 12.9. The summed E-state index contributed by atoms with van der Waals surface area (Å²) in [5.74, 6) is 0.774. The Morgan fingerprint density at radius 2 is 2.24 bits per heavy atom. The van der Waals surface area contributed by atoms with E-state index >= 15 is 0 Å². The quantitative estimate of drug-likeness (QED) is 0.904. The molecular formula is C14H15N5S2. The Balaban J connectivity index is 1.89. The van der Waals surface area contributed by atoms with E-state index in [2.05, 4.69) is 20.3 Å². The van der Waals surface area contributed by atoms with E-state index in [4.69, 9.17) is 5.73 Å². The van der Waals surface area contributed by atoms with Crippen molar-refractivity contribution in [3.05, 3.63) is 33.2 Å². The number of aromatic nitrogens is 1. The third-order valence-corrected chi connectivity index (χ3v) is 4.85. The van der Waals surface area contributed by atoms with E-state index < -0.39 is 0 Å². The maximum absolute atomic E-state index is 6.12. The van der Waals surface area contributed by atoms with Gasteiger partial charge >= 0.3 is 0 Å². The molecule has 0 aromatic carbocycles. The van der Waals surface area contributed by atoms with E-state index in [9.17, 15) is 0 Å². The van der Waals surface area contributed by atoms with Crippen LogP contribution in [0.3, 0.4) is 0 Å². The monoisotopic (exact) mass is 317 g/mol. The fraction of sp³-hybridized carbons (Fsp3) is 0.214. The van der Waals surface area contributed by atoms with Gasteiger partial charge in [0.1, 0.15) is 10.8 Å². The highest BCUT2D eigenvalue weighted by Crippen LogP contribution is 2.37. The molecule has 0 bridgehead atoms. The van der Waals surface area contributed by atoms with Crippen LogP contribution in [0.1, 0.15) is 24.4 Å². The summed E-state index contributed by atoms with van der Waals surface area (Å²) in [6.07, 6.45) is 3.59. The number of nitrogens with one attached hydrogen (secondary N) is 1. The van der Waals surface area contributed by atoms with Crippen molar-refractivity contribution in [1.82, 2.24) is 4.98 Å². The van der Waals surface area contributed by atoms with Gasteiger partial charge in [-0.15, -0.1) is 22.7 Å². The van der Waals surface area contributed by atoms with Gasteiger partial charge in [0.2, 0.25) is 0 Å². The highest BCUT2D eigenvalue weighted by Gasteiger charge is 2.16. The molecule has 3 rings (SSSR count). The van der Waals surface area contributed by atoms with E-state index in [1.807, 2.05) is 30.8 Å². The minimum absolute atomic E-state index is 0.698. The summed E-state index contributed by atoms with van der Waals surface area (Å²) in [5.41, 5.74) is 9.81. The van der Waals surface area contributed by atoms with Crippen LogP contribution in [0.5, 0.6) is 0 Å². The minimum atomic E-state index is 0.698. The molecule has 0 amide bonds. The van der Waals surface area contributed by atoms with Crippen molar-refractivity contribution in [3.63, 3.8) is 0 Å². The fourth-order valence-electron chi connectivity index (χ4n) is 2.08. The van der Waals surface area contributed by atoms with E-state index in [0.29, 0.717) is 6.54 Å². The molecule has 0 unspecified atom stereocenters. The lowest BCUT2D eigenvalue weighted by atomic mass is 10.1. The lowest BCUT2D eigenvalue weighted by molar-refractivity contribution is 1.11. The number of hydrogen-bond acceptors (Lipinski definition) is 7. The Labute approximate surface area is 131 Å². The second-order valence-electron chi connectivity index (χ2n) is 4.60. The van der Waals surface area contributed by atoms with Gasteiger partial charge in [-0.05, 0) is 19.4 Å². The SMILES string of the molecule is CC1=N/C(=C(\C)c2c(N)csc2NCc2nccs2)C=N1. The zero-order chi connectivity index (χ0) is 14.8. The van der Waals surface area contributed by atoms with Crippen LogP contribution < -0.4 is 11.1 Å². The number of allylic oxidation sites excluding steroid dienone is 2. The molecule has 5 nitrogen and oxygen atoms in total. The Kier molecular flexibility index (Phi) is 3.85. The number of aliphatic imine (C=N–C) groups is 2. The molecule has 0 saturated heterocycles. The highest BCUT2D eigenvalue weighted by molar-refractivity contribution is 7.15. The van der Waals surface area contributed by atoms with E-state index in [1.165, 1.54) is 0 Å². The van der Waals surface area contributed by atoms with E-state index in [-0.39, 0.29) is 0 Å². The first kappa shape index (κ1) is 14.0. The average molecular weight is 317 g/mol. The number of hydrogen-bond donors (Lipinski definition) is 2. The second-order valence-corrected chi connectivity index (χ2v) is 6.46. The first-order chi connectivity index (χ1) is 10.1. The molecule has 0 fully saturated rings. The molecule has 1 aliphatic heterocycles. The molecule has 0 aliphatic carbocycles. The number of amidine groups is 1. The van der Waals surface area contributed by atoms with Crippen molar-refractivity contribution in [3.8, 4) is 0 Å². The summed E-state index contributed by atoms with van der Waals surface area (Å²) in [5, 5.41) is 9.43. The molecule has 2 aromatic rings. The number of nitrogens with two attached hydrogens (primary N) is 1. The van der Waals surface area contributed by atoms with Gasteiger partial charge in [0.05, 0.1) is 29.1 Å². The van der Waals surface area contributed by atoms with Crippen molar-refractivity contribution in [2.75, 3.05) is 11.1 Å². The van der Waals surface area contributed by atoms with Crippen LogP contribution in [-0.4, -0.2) is 17.0 Å². The Hall–Kier alpha value is -1.99. The molecule has 2 aromatic heterocycles. The van der Waals surface area contributed by atoms with Gasteiger partial charge < -0.3 is 11.1 Å². The van der Waals surface area contributed by atoms with Gasteiger partial charge in [0.25, 0.3) is 0 Å². The Bertz CT molecular complexity index is 738. The molecule has 0 spiro atoms. The zero-order valence-corrected chi connectivity index (χ0v) is 13.4. The van der Waals surface area contributed by atoms with Crippen LogP contribution in [0.25, 0.3) is 5.57 Å². The van der Waals surface area contributed by atoms with E-state index in [1.54, 1.807) is 28.9 Å². The molecule has 21 heavy (non-hydrogen) atoms. The van der Waals surface area contributed by atoms with Gasteiger partial charge in [-0.3, -0.25) is 0 Å². The third-order valence-electron chi connectivity index (χ3n) is 3.12. The standard InChI is InChI=1S/C14H15N5S2/c1-8(11-5-17-9(2)19-11)13-10(15)7-21-14(13)18-6-12-16-3-4-20-12/h3-5,7,18H,6,15H2,1-2H3/b11-8+. The van der Waals surface area contributed by atoms with Gasteiger partial charge in [-0.25, -0.2) is 15.0 Å². The Morgan fingerprint density at radius 3 is 2.90 bits per heavy atom. The molecule has 0 radical (unpaired) electrons. The summed E-state index contributed by atoms with van der Waals surface area (Å²) in [7, 11) is 0. The van der Waals surface area contributed by atoms with Crippen LogP contribution in [0.2, 0.25) is 0 Å². The van der Waals surface area contributed by atoms with Crippen LogP contribution in [0.4, 0.5) is 10.7 Å². The predicted octanol–water partition coefficient (Wildman–Crippen LogP) is 3.63. The number of anilines is 2. The second kappa shape index (κ2) is 5.79. The minimum Gasteiger partial charge on any atom is -0.397 e. The van der Waals surface area contributed by atoms with Gasteiger partial charge in [-0.2, -0.15) is 0 Å². The highest BCUT2D eigenvalue weighted by atomic mass is 32.1. The topological polar surface area (TPSA) is 75.7 Å². The molecule has 0 atom stereocenters. The van der Waals surface area contributed by atoms with Crippen LogP contribution in [-0.2, 0) is 6.54 Å². The molecule has 3 heterocycles. The first-order valence-electron chi connectivity index (χ1n) is 6.45. The van der Waals surface area contributed by atoms with Crippen molar-refractivity contribution in [2.24, 2.45) is 9.98 Å². The maximum Gasteiger partial charge on any atom is 0.126 e. The largest absolute Gasteiger partial charge is 0.397 e. The number of rotatable bonds is 4. The smallest absolute Gasteiger partial charge is 0.126 e. The van der Waals surface area contributed by atoms with Gasteiger partial charge in [0.15, 0.2) is 0 Å². The summed E-state index contributed by atoms with van der Waals surface area (Å²) >= 11 is 3.23. The zero-order valence-electron chi connectivity index (χ0n) is 11.8. The molecule has 1 aliphatic rings.